The molecule has 0 spiro atoms. The molecule has 0 aliphatic heterocycles. The lowest BCUT2D eigenvalue weighted by molar-refractivity contribution is -0.136. The monoisotopic (exact) mass is 363 g/mol. The summed E-state index contributed by atoms with van der Waals surface area (Å²) in [5, 5.41) is 11.7. The Hall–Kier alpha value is -3.13. The minimum Gasteiger partial charge on any atom is -0.344 e. The van der Waals surface area contributed by atoms with Gasteiger partial charge in [-0.3, -0.25) is 9.59 Å². The van der Waals surface area contributed by atoms with Gasteiger partial charge in [-0.25, -0.2) is 0 Å². The molecule has 1 unspecified atom stereocenters. The van der Waals surface area contributed by atoms with Crippen molar-refractivity contribution in [2.24, 2.45) is 5.92 Å². The number of nitriles is 1. The van der Waals surface area contributed by atoms with Crippen molar-refractivity contribution in [1.29, 1.82) is 5.26 Å². The van der Waals surface area contributed by atoms with Crippen LogP contribution in [0.4, 0.5) is 0 Å². The number of benzene rings is 2. The quantitative estimate of drug-likeness (QED) is 0.822. The molecule has 0 heterocycles. The molecular weight excluding hydrogens is 338 g/mol. The highest BCUT2D eigenvalue weighted by molar-refractivity contribution is 5.88. The van der Waals surface area contributed by atoms with Crippen LogP contribution < -0.4 is 5.32 Å². The van der Waals surface area contributed by atoms with Gasteiger partial charge in [0.05, 0.1) is 18.1 Å². The average molecular weight is 363 g/mol. The van der Waals surface area contributed by atoms with Crippen LogP contribution in [-0.2, 0) is 22.6 Å². The van der Waals surface area contributed by atoms with Crippen molar-refractivity contribution in [3.05, 3.63) is 71.3 Å². The summed E-state index contributed by atoms with van der Waals surface area (Å²) in [6, 6.07) is 18.1. The van der Waals surface area contributed by atoms with Crippen LogP contribution in [0, 0.1) is 17.2 Å². The maximum Gasteiger partial charge on any atom is 0.245 e. The number of rotatable bonds is 7. The molecule has 0 aliphatic carbocycles. The first-order valence-corrected chi connectivity index (χ1v) is 8.98. The second-order valence-corrected chi connectivity index (χ2v) is 6.95. The molecule has 140 valence electrons. The Labute approximate surface area is 160 Å². The fraction of sp³-hybridized carbons (Fsp3) is 0.318. The van der Waals surface area contributed by atoms with Crippen LogP contribution in [0.5, 0.6) is 0 Å². The van der Waals surface area contributed by atoms with Crippen molar-refractivity contribution >= 4 is 11.8 Å². The van der Waals surface area contributed by atoms with E-state index in [0.717, 1.165) is 11.1 Å². The molecule has 0 saturated carbocycles. The molecule has 0 aromatic heterocycles. The van der Waals surface area contributed by atoms with E-state index in [0.29, 0.717) is 12.1 Å². The molecule has 0 aliphatic rings. The summed E-state index contributed by atoms with van der Waals surface area (Å²) in [7, 11) is 1.72. The molecule has 0 saturated heterocycles. The van der Waals surface area contributed by atoms with Gasteiger partial charge in [-0.05, 0) is 29.2 Å². The third-order valence-corrected chi connectivity index (χ3v) is 4.34. The average Bonchev–Trinajstić information content (AvgIpc) is 2.66. The van der Waals surface area contributed by atoms with Crippen LogP contribution in [0.15, 0.2) is 54.6 Å². The minimum absolute atomic E-state index is 0.0272. The predicted octanol–water partition coefficient (Wildman–Crippen LogP) is 2.90. The minimum atomic E-state index is -0.579. The van der Waals surface area contributed by atoms with E-state index in [1.165, 1.54) is 0 Å². The molecule has 5 heteroatoms. The van der Waals surface area contributed by atoms with Gasteiger partial charge in [0.15, 0.2) is 0 Å². The standard InChI is InChI=1S/C22H25N3O2/c1-16(2)21(24-20(26)13-17-7-5-4-6-8-17)22(27)25(3)15-19-11-9-18(14-23)10-12-19/h4-12,16,21H,13,15H2,1-3H3,(H,24,26). The summed E-state index contributed by atoms with van der Waals surface area (Å²) in [5.74, 6) is -0.323. The molecule has 0 fully saturated rings. The fourth-order valence-corrected chi connectivity index (χ4v) is 2.79. The lowest BCUT2D eigenvalue weighted by atomic mass is 10.0. The number of nitrogens with one attached hydrogen (secondary N) is 1. The lowest BCUT2D eigenvalue weighted by Crippen LogP contribution is -2.50. The number of nitrogens with zero attached hydrogens (tertiary/aromatic N) is 2. The fourth-order valence-electron chi connectivity index (χ4n) is 2.79. The van der Waals surface area contributed by atoms with E-state index in [4.69, 9.17) is 5.26 Å². The Kier molecular flexibility index (Phi) is 7.13. The number of carbonyl (C=O) groups excluding carboxylic acids is 2. The van der Waals surface area contributed by atoms with Gasteiger partial charge < -0.3 is 10.2 Å². The topological polar surface area (TPSA) is 73.2 Å². The summed E-state index contributed by atoms with van der Waals surface area (Å²) >= 11 is 0. The highest BCUT2D eigenvalue weighted by atomic mass is 16.2. The Morgan fingerprint density at radius 3 is 2.22 bits per heavy atom. The van der Waals surface area contributed by atoms with Crippen LogP contribution in [-0.4, -0.2) is 29.8 Å². The molecule has 27 heavy (non-hydrogen) atoms. The van der Waals surface area contributed by atoms with E-state index < -0.39 is 6.04 Å². The SMILES string of the molecule is CC(C)C(NC(=O)Cc1ccccc1)C(=O)N(C)Cc1ccc(C#N)cc1. The molecule has 1 atom stereocenters. The zero-order chi connectivity index (χ0) is 19.8. The summed E-state index contributed by atoms with van der Waals surface area (Å²) in [6.07, 6.45) is 0.247. The normalized spacial score (nSPS) is 11.5. The van der Waals surface area contributed by atoms with Crippen LogP contribution in [0.1, 0.15) is 30.5 Å². The van der Waals surface area contributed by atoms with Crippen molar-refractivity contribution in [2.45, 2.75) is 32.9 Å². The van der Waals surface area contributed by atoms with Crippen molar-refractivity contribution < 1.29 is 9.59 Å². The zero-order valence-corrected chi connectivity index (χ0v) is 16.0. The second-order valence-electron chi connectivity index (χ2n) is 6.95. The maximum absolute atomic E-state index is 12.9. The highest BCUT2D eigenvalue weighted by Crippen LogP contribution is 2.11. The largest absolute Gasteiger partial charge is 0.344 e. The van der Waals surface area contributed by atoms with Gasteiger partial charge in [-0.15, -0.1) is 0 Å². The summed E-state index contributed by atoms with van der Waals surface area (Å²) in [5.41, 5.74) is 2.43. The molecule has 0 radical (unpaired) electrons. The van der Waals surface area contributed by atoms with Gasteiger partial charge in [-0.1, -0.05) is 56.3 Å². The molecule has 2 aromatic rings. The summed E-state index contributed by atoms with van der Waals surface area (Å²) in [6.45, 7) is 4.25. The molecular formula is C22H25N3O2. The van der Waals surface area contributed by atoms with Crippen molar-refractivity contribution in [2.75, 3.05) is 7.05 Å². The molecule has 2 aromatic carbocycles. The van der Waals surface area contributed by atoms with Crippen LogP contribution in [0.3, 0.4) is 0 Å². The number of hydrogen-bond donors (Lipinski definition) is 1. The third kappa shape index (κ3) is 5.96. The third-order valence-electron chi connectivity index (χ3n) is 4.34. The maximum atomic E-state index is 12.9. The van der Waals surface area contributed by atoms with Crippen LogP contribution >= 0.6 is 0 Å². The smallest absolute Gasteiger partial charge is 0.245 e. The lowest BCUT2D eigenvalue weighted by Gasteiger charge is -2.27. The van der Waals surface area contributed by atoms with Gasteiger partial charge in [0, 0.05) is 13.6 Å². The summed E-state index contributed by atoms with van der Waals surface area (Å²) < 4.78 is 0. The van der Waals surface area contributed by atoms with E-state index in [9.17, 15) is 9.59 Å². The van der Waals surface area contributed by atoms with Crippen molar-refractivity contribution in [3.63, 3.8) is 0 Å². The second kappa shape index (κ2) is 9.54. The molecule has 0 bridgehead atoms. The van der Waals surface area contributed by atoms with Gasteiger partial charge in [-0.2, -0.15) is 5.26 Å². The van der Waals surface area contributed by atoms with Gasteiger partial charge >= 0.3 is 0 Å². The van der Waals surface area contributed by atoms with Crippen LogP contribution in [0.25, 0.3) is 0 Å². The van der Waals surface area contributed by atoms with E-state index in [2.05, 4.69) is 11.4 Å². The predicted molar refractivity (Wildman–Crippen MR) is 105 cm³/mol. The molecule has 2 rings (SSSR count). The van der Waals surface area contributed by atoms with E-state index >= 15 is 0 Å². The first kappa shape index (κ1) is 20.2. The Morgan fingerprint density at radius 1 is 1.04 bits per heavy atom. The van der Waals surface area contributed by atoms with Crippen LogP contribution in [0.2, 0.25) is 0 Å². The number of likely N-dealkylation sites (N-methyl/N-ethyl adjacent to an activating group) is 1. The summed E-state index contributed by atoms with van der Waals surface area (Å²) in [4.78, 5) is 26.8. The number of amides is 2. The number of carbonyl (C=O) groups is 2. The van der Waals surface area contributed by atoms with Gasteiger partial charge in [0.2, 0.25) is 11.8 Å². The van der Waals surface area contributed by atoms with Gasteiger partial charge in [0.1, 0.15) is 6.04 Å². The molecule has 1 N–H and O–H groups in total. The van der Waals surface area contributed by atoms with Crippen molar-refractivity contribution in [3.8, 4) is 6.07 Å². The van der Waals surface area contributed by atoms with E-state index in [1.807, 2.05) is 56.3 Å². The highest BCUT2D eigenvalue weighted by Gasteiger charge is 2.27. The first-order valence-electron chi connectivity index (χ1n) is 8.98. The van der Waals surface area contributed by atoms with Crippen molar-refractivity contribution in [1.82, 2.24) is 10.2 Å². The van der Waals surface area contributed by atoms with E-state index in [1.54, 1.807) is 24.1 Å². The Balaban J connectivity index is 2.00. The Morgan fingerprint density at radius 2 is 1.67 bits per heavy atom. The number of hydrogen-bond acceptors (Lipinski definition) is 3. The molecule has 2 amide bonds. The zero-order valence-electron chi connectivity index (χ0n) is 16.0. The molecule has 5 nitrogen and oxygen atoms in total. The van der Waals surface area contributed by atoms with Gasteiger partial charge in [0.25, 0.3) is 0 Å². The van der Waals surface area contributed by atoms with E-state index in [-0.39, 0.29) is 24.2 Å². The Bertz CT molecular complexity index is 808. The first-order chi connectivity index (χ1) is 12.9.